The molecular weight excluding hydrogens is 196 g/mol. The smallest absolute Gasteiger partial charge is 0.354 e. The zero-order valence-electron chi connectivity index (χ0n) is 7.95. The first-order valence-electron chi connectivity index (χ1n) is 4.22. The maximum Gasteiger partial charge on any atom is 0.354 e. The van der Waals surface area contributed by atoms with Gasteiger partial charge in [-0.15, -0.1) is 0 Å². The quantitative estimate of drug-likeness (QED) is 0.773. The van der Waals surface area contributed by atoms with Crippen molar-refractivity contribution in [2.45, 2.75) is 0 Å². The number of carboxylic acid groups (broad SMARTS) is 1. The lowest BCUT2D eigenvalue weighted by Crippen LogP contribution is -2.02. The Kier molecular flexibility index (Phi) is 2.17. The topological polar surface area (TPSA) is 80.9 Å². The average molecular weight is 204 g/mol. The summed E-state index contributed by atoms with van der Waals surface area (Å²) in [5.74, 6) is -1.07. The normalized spacial score (nSPS) is 10.2. The van der Waals surface area contributed by atoms with Gasteiger partial charge in [0.05, 0.1) is 11.4 Å². The summed E-state index contributed by atoms with van der Waals surface area (Å²) in [4.78, 5) is 18.3. The molecule has 6 nitrogen and oxygen atoms in total. The van der Waals surface area contributed by atoms with Gasteiger partial charge in [0.25, 0.3) is 0 Å². The van der Waals surface area contributed by atoms with Gasteiger partial charge in [-0.25, -0.2) is 14.8 Å². The minimum atomic E-state index is -1.07. The van der Waals surface area contributed by atoms with Gasteiger partial charge in [-0.05, 0) is 12.1 Å². The molecule has 2 rings (SSSR count). The lowest BCUT2D eigenvalue weighted by Gasteiger charge is -2.01. The van der Waals surface area contributed by atoms with E-state index in [0.29, 0.717) is 5.69 Å². The van der Waals surface area contributed by atoms with Crippen LogP contribution in [0.15, 0.2) is 24.7 Å². The van der Waals surface area contributed by atoms with E-state index in [9.17, 15) is 4.79 Å². The van der Waals surface area contributed by atoms with Crippen molar-refractivity contribution in [1.29, 1.82) is 0 Å². The van der Waals surface area contributed by atoms with Crippen molar-refractivity contribution in [3.63, 3.8) is 0 Å². The third kappa shape index (κ3) is 1.69. The van der Waals surface area contributed by atoms with Gasteiger partial charge in [-0.1, -0.05) is 0 Å². The number of aryl methyl sites for hydroxylation is 1. The summed E-state index contributed by atoms with van der Waals surface area (Å²) >= 11 is 0. The number of aromatic nitrogens is 4. The fourth-order valence-corrected chi connectivity index (χ4v) is 1.24. The molecule has 0 saturated heterocycles. The standard InChI is InChI=1S/C9H8N4O2/c1-13-8(2-3-12-13)6-4-7(9(14)15)11-5-10-6/h2-5H,1H3,(H,14,15). The summed E-state index contributed by atoms with van der Waals surface area (Å²) in [7, 11) is 1.76. The second-order valence-corrected chi connectivity index (χ2v) is 2.93. The molecule has 2 aromatic heterocycles. The predicted octanol–water partition coefficient (Wildman–Crippen LogP) is 0.575. The minimum absolute atomic E-state index is 0.0267. The van der Waals surface area contributed by atoms with Crippen LogP contribution in [0, 0.1) is 0 Å². The Bertz CT molecular complexity index is 506. The van der Waals surface area contributed by atoms with Crippen LogP contribution in [0.1, 0.15) is 10.5 Å². The molecule has 0 aliphatic rings. The van der Waals surface area contributed by atoms with Crippen LogP contribution in [0.5, 0.6) is 0 Å². The van der Waals surface area contributed by atoms with Crippen LogP contribution < -0.4 is 0 Å². The lowest BCUT2D eigenvalue weighted by molar-refractivity contribution is 0.0690. The first-order chi connectivity index (χ1) is 7.18. The van der Waals surface area contributed by atoms with Crippen LogP contribution in [-0.2, 0) is 7.05 Å². The van der Waals surface area contributed by atoms with Crippen molar-refractivity contribution in [3.05, 3.63) is 30.4 Å². The molecule has 0 fully saturated rings. The predicted molar refractivity (Wildman–Crippen MR) is 51.2 cm³/mol. The van der Waals surface area contributed by atoms with Crippen molar-refractivity contribution < 1.29 is 9.90 Å². The summed E-state index contributed by atoms with van der Waals surface area (Å²) < 4.78 is 1.62. The Morgan fingerprint density at radius 1 is 1.47 bits per heavy atom. The van der Waals surface area contributed by atoms with E-state index in [0.717, 1.165) is 5.69 Å². The van der Waals surface area contributed by atoms with Gasteiger partial charge in [-0.3, -0.25) is 4.68 Å². The van der Waals surface area contributed by atoms with Gasteiger partial charge in [0.1, 0.15) is 6.33 Å². The number of rotatable bonds is 2. The molecule has 0 unspecified atom stereocenters. The number of hydrogen-bond acceptors (Lipinski definition) is 4. The minimum Gasteiger partial charge on any atom is -0.477 e. The molecule has 0 aliphatic heterocycles. The summed E-state index contributed by atoms with van der Waals surface area (Å²) in [5, 5.41) is 12.7. The van der Waals surface area contributed by atoms with Crippen molar-refractivity contribution in [1.82, 2.24) is 19.7 Å². The van der Waals surface area contributed by atoms with E-state index >= 15 is 0 Å². The maximum atomic E-state index is 10.7. The number of aromatic carboxylic acids is 1. The zero-order valence-corrected chi connectivity index (χ0v) is 7.95. The first-order valence-corrected chi connectivity index (χ1v) is 4.22. The van der Waals surface area contributed by atoms with E-state index in [1.165, 1.54) is 12.4 Å². The third-order valence-electron chi connectivity index (χ3n) is 1.97. The van der Waals surface area contributed by atoms with E-state index in [4.69, 9.17) is 5.11 Å². The number of carbonyl (C=O) groups is 1. The Hall–Kier alpha value is -2.24. The van der Waals surface area contributed by atoms with Gasteiger partial charge in [-0.2, -0.15) is 5.10 Å². The average Bonchev–Trinajstić information content (AvgIpc) is 2.64. The van der Waals surface area contributed by atoms with Gasteiger partial charge >= 0.3 is 5.97 Å². The second kappa shape index (κ2) is 3.49. The molecule has 0 aliphatic carbocycles. The third-order valence-corrected chi connectivity index (χ3v) is 1.97. The van der Waals surface area contributed by atoms with Gasteiger partial charge in [0.2, 0.25) is 0 Å². The summed E-state index contributed by atoms with van der Waals surface area (Å²) in [6.07, 6.45) is 2.85. The fourth-order valence-electron chi connectivity index (χ4n) is 1.24. The Morgan fingerprint density at radius 2 is 2.27 bits per heavy atom. The molecule has 76 valence electrons. The Morgan fingerprint density at radius 3 is 2.87 bits per heavy atom. The number of hydrogen-bond donors (Lipinski definition) is 1. The highest BCUT2D eigenvalue weighted by atomic mass is 16.4. The largest absolute Gasteiger partial charge is 0.477 e. The molecule has 0 saturated carbocycles. The molecule has 0 atom stereocenters. The van der Waals surface area contributed by atoms with Gasteiger partial charge < -0.3 is 5.11 Å². The maximum absolute atomic E-state index is 10.7. The van der Waals surface area contributed by atoms with Crippen LogP contribution in [-0.4, -0.2) is 30.8 Å². The highest BCUT2D eigenvalue weighted by Crippen LogP contribution is 2.14. The van der Waals surface area contributed by atoms with Crippen molar-refractivity contribution in [2.75, 3.05) is 0 Å². The van der Waals surface area contributed by atoms with Crippen LogP contribution in [0.4, 0.5) is 0 Å². The van der Waals surface area contributed by atoms with Crippen LogP contribution in [0.2, 0.25) is 0 Å². The van der Waals surface area contributed by atoms with Crippen LogP contribution in [0.3, 0.4) is 0 Å². The molecule has 2 aromatic rings. The molecule has 6 heteroatoms. The Balaban J connectivity index is 2.50. The lowest BCUT2D eigenvalue weighted by atomic mass is 10.2. The van der Waals surface area contributed by atoms with E-state index < -0.39 is 5.97 Å². The summed E-state index contributed by atoms with van der Waals surface area (Å²) in [6.45, 7) is 0. The fraction of sp³-hybridized carbons (Fsp3) is 0.111. The van der Waals surface area contributed by atoms with Gasteiger partial charge in [0.15, 0.2) is 5.69 Å². The van der Waals surface area contributed by atoms with Gasteiger partial charge in [0, 0.05) is 13.2 Å². The van der Waals surface area contributed by atoms with Crippen LogP contribution >= 0.6 is 0 Å². The van der Waals surface area contributed by atoms with Crippen molar-refractivity contribution >= 4 is 5.97 Å². The SMILES string of the molecule is Cn1nccc1-c1cc(C(=O)O)ncn1. The number of nitrogens with zero attached hydrogens (tertiary/aromatic N) is 4. The zero-order chi connectivity index (χ0) is 10.8. The number of carboxylic acids is 1. The van der Waals surface area contributed by atoms with Crippen LogP contribution in [0.25, 0.3) is 11.4 Å². The molecule has 0 radical (unpaired) electrons. The summed E-state index contributed by atoms with van der Waals surface area (Å²) in [6, 6.07) is 3.17. The molecule has 0 bridgehead atoms. The van der Waals surface area contributed by atoms with E-state index in [-0.39, 0.29) is 5.69 Å². The molecule has 15 heavy (non-hydrogen) atoms. The summed E-state index contributed by atoms with van der Waals surface area (Å²) in [5.41, 5.74) is 1.27. The first kappa shape index (κ1) is 9.32. The van der Waals surface area contributed by atoms with Crippen molar-refractivity contribution in [2.24, 2.45) is 7.05 Å². The van der Waals surface area contributed by atoms with Crippen molar-refractivity contribution in [3.8, 4) is 11.4 Å². The monoisotopic (exact) mass is 204 g/mol. The molecule has 1 N–H and O–H groups in total. The van der Waals surface area contributed by atoms with E-state index in [1.54, 1.807) is 24.0 Å². The molecule has 0 aromatic carbocycles. The molecule has 0 amide bonds. The molecule has 0 spiro atoms. The highest BCUT2D eigenvalue weighted by Gasteiger charge is 2.09. The Labute approximate surface area is 85.2 Å². The molecular formula is C9H8N4O2. The second-order valence-electron chi connectivity index (χ2n) is 2.93. The van der Waals surface area contributed by atoms with E-state index in [2.05, 4.69) is 15.1 Å². The van der Waals surface area contributed by atoms with E-state index in [1.807, 2.05) is 0 Å². The highest BCUT2D eigenvalue weighted by molar-refractivity contribution is 5.86. The molecule has 2 heterocycles.